The van der Waals surface area contributed by atoms with E-state index in [1.165, 1.54) is 32.1 Å². The number of piperazine rings is 1. The van der Waals surface area contributed by atoms with Crippen LogP contribution in [-0.2, 0) is 10.0 Å². The van der Waals surface area contributed by atoms with E-state index < -0.39 is 14.9 Å². The summed E-state index contributed by atoms with van der Waals surface area (Å²) in [5, 5.41) is 19.0. The van der Waals surface area contributed by atoms with Crippen LogP contribution in [-0.4, -0.2) is 69.6 Å². The number of carbonyl (C=O) groups is 1. The molecule has 0 aliphatic carbocycles. The Hall–Kier alpha value is -3.64. The lowest BCUT2D eigenvalue weighted by Gasteiger charge is -2.33. The molecule has 32 heavy (non-hydrogen) atoms. The zero-order valence-corrected chi connectivity index (χ0v) is 18.0. The first-order valence-corrected chi connectivity index (χ1v) is 11.2. The van der Waals surface area contributed by atoms with Crippen LogP contribution in [0.2, 0.25) is 0 Å². The van der Waals surface area contributed by atoms with Crippen molar-refractivity contribution in [2.45, 2.75) is 11.8 Å². The van der Waals surface area contributed by atoms with Crippen molar-refractivity contribution in [3.8, 4) is 5.69 Å². The third kappa shape index (κ3) is 3.97. The lowest BCUT2D eigenvalue weighted by atomic mass is 10.2. The van der Waals surface area contributed by atoms with Crippen molar-refractivity contribution >= 4 is 21.6 Å². The Balaban J connectivity index is 1.49. The summed E-state index contributed by atoms with van der Waals surface area (Å²) in [5.74, 6) is -0.365. The zero-order valence-electron chi connectivity index (χ0n) is 17.2. The Labute approximate surface area is 184 Å². The molecule has 0 atom stereocenters. The molecule has 0 N–H and O–H groups in total. The molecule has 1 fully saturated rings. The summed E-state index contributed by atoms with van der Waals surface area (Å²) in [5.41, 5.74) is 0.883. The number of nitro groups is 1. The predicted octanol–water partition coefficient (Wildman–Crippen LogP) is 1.63. The highest BCUT2D eigenvalue weighted by molar-refractivity contribution is 7.89. The highest BCUT2D eigenvalue weighted by Crippen LogP contribution is 2.21. The number of amides is 1. The standard InChI is InChI=1S/C20H20N6O5S/c1-15-19(21-22-25(15)16-6-5-7-17(14-16)26(28)29)20(27)23-10-12-24(13-11-23)32(30,31)18-8-3-2-4-9-18/h2-9,14H,10-13H2,1H3. The molecule has 0 saturated carbocycles. The molecule has 1 aliphatic heterocycles. The number of hydrogen-bond donors (Lipinski definition) is 0. The molecule has 2 aromatic carbocycles. The van der Waals surface area contributed by atoms with Gasteiger partial charge >= 0.3 is 0 Å². The van der Waals surface area contributed by atoms with E-state index in [1.54, 1.807) is 43.3 Å². The van der Waals surface area contributed by atoms with Crippen LogP contribution < -0.4 is 0 Å². The number of hydrogen-bond acceptors (Lipinski definition) is 7. The highest BCUT2D eigenvalue weighted by Gasteiger charge is 2.32. The smallest absolute Gasteiger partial charge is 0.276 e. The lowest BCUT2D eigenvalue weighted by molar-refractivity contribution is -0.384. The Morgan fingerprint density at radius 2 is 1.72 bits per heavy atom. The van der Waals surface area contributed by atoms with Gasteiger partial charge in [-0.2, -0.15) is 4.31 Å². The SMILES string of the molecule is Cc1c(C(=O)N2CCN(S(=O)(=O)c3ccccc3)CC2)nnn1-c1cccc([N+](=O)[O-])c1. The summed E-state index contributed by atoms with van der Waals surface area (Å²) in [6.07, 6.45) is 0. The van der Waals surface area contributed by atoms with Gasteiger partial charge in [0.05, 0.1) is 21.2 Å². The molecular weight excluding hydrogens is 436 g/mol. The van der Waals surface area contributed by atoms with Crippen LogP contribution in [0.3, 0.4) is 0 Å². The number of nitrogens with zero attached hydrogens (tertiary/aromatic N) is 6. The van der Waals surface area contributed by atoms with Crippen LogP contribution in [0.1, 0.15) is 16.2 Å². The molecule has 3 aromatic rings. The number of benzene rings is 2. The van der Waals surface area contributed by atoms with Crippen LogP contribution in [0, 0.1) is 17.0 Å². The first-order valence-electron chi connectivity index (χ1n) is 9.80. The van der Waals surface area contributed by atoms with E-state index in [1.807, 2.05) is 0 Å². The van der Waals surface area contributed by atoms with Crippen LogP contribution in [0.4, 0.5) is 5.69 Å². The van der Waals surface area contributed by atoms with E-state index in [-0.39, 0.29) is 48.4 Å². The van der Waals surface area contributed by atoms with E-state index >= 15 is 0 Å². The largest absolute Gasteiger partial charge is 0.335 e. The van der Waals surface area contributed by atoms with Gasteiger partial charge in [0.15, 0.2) is 5.69 Å². The molecular formula is C20H20N6O5S. The fourth-order valence-corrected chi connectivity index (χ4v) is 4.98. The maximum absolute atomic E-state index is 13.0. The number of aromatic nitrogens is 3. The first-order chi connectivity index (χ1) is 15.3. The van der Waals surface area contributed by atoms with Crippen molar-refractivity contribution in [1.29, 1.82) is 0 Å². The van der Waals surface area contributed by atoms with Crippen molar-refractivity contribution in [2.24, 2.45) is 0 Å². The first kappa shape index (κ1) is 21.6. The van der Waals surface area contributed by atoms with Crippen LogP contribution in [0.15, 0.2) is 59.5 Å². The average molecular weight is 456 g/mol. The number of carbonyl (C=O) groups excluding carboxylic acids is 1. The quantitative estimate of drug-likeness (QED) is 0.421. The van der Waals surface area contributed by atoms with Gasteiger partial charge in [0.1, 0.15) is 0 Å². The second-order valence-electron chi connectivity index (χ2n) is 7.22. The lowest BCUT2D eigenvalue weighted by Crippen LogP contribution is -2.50. The number of nitro benzene ring substituents is 1. The maximum Gasteiger partial charge on any atom is 0.276 e. The fraction of sp³-hybridized carbons (Fsp3) is 0.250. The molecule has 0 spiro atoms. The molecule has 0 bridgehead atoms. The minimum absolute atomic E-state index is 0.0963. The number of sulfonamides is 1. The van der Waals surface area contributed by atoms with Gasteiger partial charge in [-0.05, 0) is 25.1 Å². The van der Waals surface area contributed by atoms with Crippen molar-refractivity contribution in [3.05, 3.63) is 76.1 Å². The maximum atomic E-state index is 13.0. The summed E-state index contributed by atoms with van der Waals surface area (Å²) in [4.78, 5) is 25.3. The molecule has 1 saturated heterocycles. The molecule has 166 valence electrons. The number of rotatable bonds is 5. The molecule has 0 unspecified atom stereocenters. The normalized spacial score (nSPS) is 15.0. The summed E-state index contributed by atoms with van der Waals surface area (Å²) in [6.45, 7) is 2.42. The van der Waals surface area contributed by atoms with Gasteiger partial charge in [-0.15, -0.1) is 5.10 Å². The van der Waals surface area contributed by atoms with Gasteiger partial charge in [-0.1, -0.05) is 29.5 Å². The molecule has 1 aromatic heterocycles. The van der Waals surface area contributed by atoms with Gasteiger partial charge in [0.2, 0.25) is 10.0 Å². The second-order valence-corrected chi connectivity index (χ2v) is 9.16. The van der Waals surface area contributed by atoms with Gasteiger partial charge in [-0.3, -0.25) is 14.9 Å². The van der Waals surface area contributed by atoms with Gasteiger partial charge < -0.3 is 4.90 Å². The fourth-order valence-electron chi connectivity index (χ4n) is 3.53. The molecule has 11 nitrogen and oxygen atoms in total. The van der Waals surface area contributed by atoms with Crippen molar-refractivity contribution in [2.75, 3.05) is 26.2 Å². The van der Waals surface area contributed by atoms with Crippen molar-refractivity contribution in [1.82, 2.24) is 24.2 Å². The third-order valence-corrected chi connectivity index (χ3v) is 7.20. The Morgan fingerprint density at radius 1 is 1.03 bits per heavy atom. The third-order valence-electron chi connectivity index (χ3n) is 5.29. The van der Waals surface area contributed by atoms with Crippen LogP contribution in [0.5, 0.6) is 0 Å². The summed E-state index contributed by atoms with van der Waals surface area (Å²) < 4.78 is 28.3. The topological polar surface area (TPSA) is 132 Å². The Kier molecular flexibility index (Phi) is 5.72. The van der Waals surface area contributed by atoms with Crippen LogP contribution in [0.25, 0.3) is 5.69 Å². The minimum atomic E-state index is -3.62. The molecule has 0 radical (unpaired) electrons. The minimum Gasteiger partial charge on any atom is -0.335 e. The van der Waals surface area contributed by atoms with Crippen molar-refractivity contribution in [3.63, 3.8) is 0 Å². The Bertz CT molecular complexity index is 1270. The van der Waals surface area contributed by atoms with Gasteiger partial charge in [0, 0.05) is 38.3 Å². The number of non-ortho nitro benzene ring substituents is 1. The predicted molar refractivity (Wildman–Crippen MR) is 114 cm³/mol. The molecule has 2 heterocycles. The van der Waals surface area contributed by atoms with Gasteiger partial charge in [0.25, 0.3) is 11.6 Å². The highest BCUT2D eigenvalue weighted by atomic mass is 32.2. The van der Waals surface area contributed by atoms with E-state index in [2.05, 4.69) is 10.3 Å². The van der Waals surface area contributed by atoms with Crippen molar-refractivity contribution < 1.29 is 18.1 Å². The van der Waals surface area contributed by atoms with Gasteiger partial charge in [-0.25, -0.2) is 13.1 Å². The molecule has 1 aliphatic rings. The monoisotopic (exact) mass is 456 g/mol. The second kappa shape index (κ2) is 8.48. The Morgan fingerprint density at radius 3 is 2.38 bits per heavy atom. The van der Waals surface area contributed by atoms with E-state index in [0.29, 0.717) is 11.4 Å². The molecule has 4 rings (SSSR count). The molecule has 1 amide bonds. The van der Waals surface area contributed by atoms with E-state index in [0.717, 1.165) is 0 Å². The van der Waals surface area contributed by atoms with E-state index in [9.17, 15) is 23.3 Å². The molecule has 12 heteroatoms. The van der Waals surface area contributed by atoms with Crippen LogP contribution >= 0.6 is 0 Å². The summed E-state index contributed by atoms with van der Waals surface area (Å²) in [6, 6.07) is 14.1. The van der Waals surface area contributed by atoms with E-state index in [4.69, 9.17) is 0 Å². The zero-order chi connectivity index (χ0) is 22.9. The summed E-state index contributed by atoms with van der Waals surface area (Å²) >= 11 is 0. The summed E-state index contributed by atoms with van der Waals surface area (Å²) in [7, 11) is -3.62. The average Bonchev–Trinajstić information content (AvgIpc) is 3.20.